The summed E-state index contributed by atoms with van der Waals surface area (Å²) in [7, 11) is 0. The molecule has 0 saturated carbocycles. The van der Waals surface area contributed by atoms with E-state index in [9.17, 15) is 5.11 Å². The molecule has 0 bridgehead atoms. The predicted octanol–water partition coefficient (Wildman–Crippen LogP) is 0.835. The molecule has 5 heteroatoms. The first-order valence-corrected chi connectivity index (χ1v) is 5.91. The molecule has 2 unspecified atom stereocenters. The van der Waals surface area contributed by atoms with Crippen LogP contribution in [-0.4, -0.2) is 39.3 Å². The molecule has 0 aromatic carbocycles. The van der Waals surface area contributed by atoms with E-state index in [0.29, 0.717) is 18.4 Å². The van der Waals surface area contributed by atoms with Crippen molar-refractivity contribution in [3.8, 4) is 0 Å². The van der Waals surface area contributed by atoms with Crippen LogP contribution in [0, 0.1) is 5.92 Å². The number of nitrogens with zero attached hydrogens (tertiary/aromatic N) is 3. The summed E-state index contributed by atoms with van der Waals surface area (Å²) in [6, 6.07) is 0. The third kappa shape index (κ3) is 2.59. The van der Waals surface area contributed by atoms with Crippen LogP contribution in [0.25, 0.3) is 0 Å². The molecule has 0 aliphatic carbocycles. The molecule has 1 fully saturated rings. The summed E-state index contributed by atoms with van der Waals surface area (Å²) in [5.74, 6) is 1.83. The van der Waals surface area contributed by atoms with Crippen molar-refractivity contribution >= 4 is 0 Å². The zero-order chi connectivity index (χ0) is 11.5. The van der Waals surface area contributed by atoms with Crippen LogP contribution in [0.15, 0.2) is 4.52 Å². The van der Waals surface area contributed by atoms with Crippen molar-refractivity contribution < 1.29 is 9.63 Å². The van der Waals surface area contributed by atoms with Gasteiger partial charge in [0, 0.05) is 13.0 Å². The van der Waals surface area contributed by atoms with E-state index in [0.717, 1.165) is 31.8 Å². The first kappa shape index (κ1) is 11.5. The molecule has 1 saturated heterocycles. The van der Waals surface area contributed by atoms with Gasteiger partial charge in [0.15, 0.2) is 5.82 Å². The van der Waals surface area contributed by atoms with Crippen LogP contribution >= 0.6 is 0 Å². The lowest BCUT2D eigenvalue weighted by Gasteiger charge is -2.15. The monoisotopic (exact) mass is 225 g/mol. The smallest absolute Gasteiger partial charge is 0.240 e. The number of likely N-dealkylation sites (tertiary alicyclic amines) is 1. The largest absolute Gasteiger partial charge is 0.393 e. The number of aryl methyl sites for hydroxylation is 1. The van der Waals surface area contributed by atoms with Crippen LogP contribution in [0.5, 0.6) is 0 Å². The lowest BCUT2D eigenvalue weighted by Crippen LogP contribution is -2.24. The summed E-state index contributed by atoms with van der Waals surface area (Å²) < 4.78 is 5.15. The molecule has 1 N–H and O–H groups in total. The fourth-order valence-corrected chi connectivity index (χ4v) is 2.09. The highest BCUT2D eigenvalue weighted by molar-refractivity contribution is 4.88. The Hall–Kier alpha value is -0.940. The van der Waals surface area contributed by atoms with Crippen LogP contribution in [0.3, 0.4) is 0 Å². The normalized spacial score (nSPS) is 23.8. The third-order valence-corrected chi connectivity index (χ3v) is 3.18. The highest BCUT2D eigenvalue weighted by atomic mass is 16.5. The Kier molecular flexibility index (Phi) is 3.56. The minimum Gasteiger partial charge on any atom is -0.393 e. The molecule has 1 aromatic heterocycles. The van der Waals surface area contributed by atoms with E-state index in [-0.39, 0.29) is 6.10 Å². The van der Waals surface area contributed by atoms with Crippen LogP contribution < -0.4 is 0 Å². The van der Waals surface area contributed by atoms with E-state index in [2.05, 4.69) is 15.0 Å². The number of aromatic nitrogens is 2. The van der Waals surface area contributed by atoms with Crippen LogP contribution in [0.4, 0.5) is 0 Å². The first-order chi connectivity index (χ1) is 7.69. The maximum absolute atomic E-state index is 9.50. The SMILES string of the molecule is CCc1noc(CN2CCC(C(C)O)C2)n1. The first-order valence-electron chi connectivity index (χ1n) is 5.91. The van der Waals surface area contributed by atoms with Crippen molar-refractivity contribution in [2.24, 2.45) is 5.92 Å². The van der Waals surface area contributed by atoms with Gasteiger partial charge in [-0.3, -0.25) is 4.90 Å². The van der Waals surface area contributed by atoms with E-state index < -0.39 is 0 Å². The van der Waals surface area contributed by atoms with Crippen molar-refractivity contribution in [2.45, 2.75) is 39.3 Å². The van der Waals surface area contributed by atoms with Crippen molar-refractivity contribution in [1.82, 2.24) is 15.0 Å². The van der Waals surface area contributed by atoms with Crippen molar-refractivity contribution in [3.63, 3.8) is 0 Å². The fraction of sp³-hybridized carbons (Fsp3) is 0.818. The zero-order valence-corrected chi connectivity index (χ0v) is 9.89. The number of hydrogen-bond donors (Lipinski definition) is 1. The Morgan fingerprint density at radius 1 is 1.62 bits per heavy atom. The Bertz CT molecular complexity index is 338. The second kappa shape index (κ2) is 4.93. The van der Waals surface area contributed by atoms with Gasteiger partial charge in [-0.25, -0.2) is 0 Å². The highest BCUT2D eigenvalue weighted by Gasteiger charge is 2.26. The average molecular weight is 225 g/mol. The summed E-state index contributed by atoms with van der Waals surface area (Å²) in [5, 5.41) is 13.4. The van der Waals surface area contributed by atoms with Crippen molar-refractivity contribution in [1.29, 1.82) is 0 Å². The Labute approximate surface area is 95.4 Å². The third-order valence-electron chi connectivity index (χ3n) is 3.18. The predicted molar refractivity (Wildman–Crippen MR) is 58.7 cm³/mol. The Morgan fingerprint density at radius 3 is 3.00 bits per heavy atom. The van der Waals surface area contributed by atoms with Gasteiger partial charge in [-0.15, -0.1) is 0 Å². The van der Waals surface area contributed by atoms with Gasteiger partial charge in [0.1, 0.15) is 0 Å². The molecule has 90 valence electrons. The number of aliphatic hydroxyl groups is 1. The van der Waals surface area contributed by atoms with Gasteiger partial charge in [0.05, 0.1) is 12.6 Å². The maximum Gasteiger partial charge on any atom is 0.240 e. The van der Waals surface area contributed by atoms with Gasteiger partial charge in [-0.05, 0) is 25.8 Å². The molecule has 16 heavy (non-hydrogen) atoms. The lowest BCUT2D eigenvalue weighted by molar-refractivity contribution is 0.125. The Morgan fingerprint density at radius 2 is 2.44 bits per heavy atom. The standard InChI is InChI=1S/C11H19N3O2/c1-3-10-12-11(16-13-10)7-14-5-4-9(6-14)8(2)15/h8-9,15H,3-7H2,1-2H3. The van der Waals surface area contributed by atoms with Crippen LogP contribution in [0.2, 0.25) is 0 Å². The van der Waals surface area contributed by atoms with Crippen LogP contribution in [-0.2, 0) is 13.0 Å². The molecule has 0 radical (unpaired) electrons. The van der Waals surface area contributed by atoms with Crippen molar-refractivity contribution in [2.75, 3.05) is 13.1 Å². The molecule has 1 aliphatic heterocycles. The second-order valence-electron chi connectivity index (χ2n) is 4.48. The number of rotatable bonds is 4. The van der Waals surface area contributed by atoms with Gasteiger partial charge < -0.3 is 9.63 Å². The van der Waals surface area contributed by atoms with Gasteiger partial charge in [-0.1, -0.05) is 12.1 Å². The molecule has 5 nitrogen and oxygen atoms in total. The summed E-state index contributed by atoms with van der Waals surface area (Å²) >= 11 is 0. The topological polar surface area (TPSA) is 62.4 Å². The minimum atomic E-state index is -0.223. The molecule has 0 amide bonds. The summed E-state index contributed by atoms with van der Waals surface area (Å²) in [6.45, 7) is 6.49. The maximum atomic E-state index is 9.50. The molecule has 1 aromatic rings. The van der Waals surface area contributed by atoms with E-state index in [1.165, 1.54) is 0 Å². The molecular formula is C11H19N3O2. The zero-order valence-electron chi connectivity index (χ0n) is 9.89. The molecule has 2 rings (SSSR count). The van der Waals surface area contributed by atoms with Gasteiger partial charge in [0.25, 0.3) is 0 Å². The van der Waals surface area contributed by atoms with Gasteiger partial charge in [-0.2, -0.15) is 4.98 Å². The average Bonchev–Trinajstić information content (AvgIpc) is 2.87. The molecule has 2 heterocycles. The Balaban J connectivity index is 1.87. The van der Waals surface area contributed by atoms with Gasteiger partial charge >= 0.3 is 0 Å². The van der Waals surface area contributed by atoms with E-state index in [4.69, 9.17) is 4.52 Å². The molecule has 2 atom stereocenters. The summed E-state index contributed by atoms with van der Waals surface area (Å²) in [5.41, 5.74) is 0. The highest BCUT2D eigenvalue weighted by Crippen LogP contribution is 2.20. The summed E-state index contributed by atoms with van der Waals surface area (Å²) in [6.07, 6.45) is 1.63. The van der Waals surface area contributed by atoms with E-state index in [1.807, 2.05) is 13.8 Å². The minimum absolute atomic E-state index is 0.223. The van der Waals surface area contributed by atoms with Gasteiger partial charge in [0.2, 0.25) is 5.89 Å². The second-order valence-corrected chi connectivity index (χ2v) is 4.48. The molecule has 1 aliphatic rings. The van der Waals surface area contributed by atoms with E-state index >= 15 is 0 Å². The molecule has 0 spiro atoms. The quantitative estimate of drug-likeness (QED) is 0.822. The van der Waals surface area contributed by atoms with Crippen molar-refractivity contribution in [3.05, 3.63) is 11.7 Å². The number of hydrogen-bond acceptors (Lipinski definition) is 5. The fourth-order valence-electron chi connectivity index (χ4n) is 2.09. The van der Waals surface area contributed by atoms with Crippen LogP contribution in [0.1, 0.15) is 32.0 Å². The van der Waals surface area contributed by atoms with E-state index in [1.54, 1.807) is 0 Å². The molecular weight excluding hydrogens is 206 g/mol. The summed E-state index contributed by atoms with van der Waals surface area (Å²) in [4.78, 5) is 6.53. The number of aliphatic hydroxyl groups excluding tert-OH is 1. The lowest BCUT2D eigenvalue weighted by atomic mass is 10.0.